The van der Waals surface area contributed by atoms with E-state index in [2.05, 4.69) is 15.3 Å². The number of nitrogen functional groups attached to an aromatic ring is 1. The molecule has 2 aromatic rings. The minimum absolute atomic E-state index is 0.0701. The zero-order valence-corrected chi connectivity index (χ0v) is 12.7. The third kappa shape index (κ3) is 2.34. The molecule has 1 unspecified atom stereocenters. The van der Waals surface area contributed by atoms with E-state index in [1.54, 1.807) is 0 Å². The number of fused-ring (bicyclic) bond motifs is 1. The van der Waals surface area contributed by atoms with E-state index in [1.807, 2.05) is 24.3 Å². The van der Waals surface area contributed by atoms with Crippen LogP contribution in [0.3, 0.4) is 0 Å². The van der Waals surface area contributed by atoms with Crippen molar-refractivity contribution in [1.29, 1.82) is 0 Å². The first-order chi connectivity index (χ1) is 10.8. The molecule has 1 spiro atoms. The summed E-state index contributed by atoms with van der Waals surface area (Å²) < 4.78 is 6.07. The topological polar surface area (TPSA) is 73.1 Å². The Bertz CT molecular complexity index is 683. The number of nitrogens with zero attached hydrogens (tertiary/aromatic N) is 2. The van der Waals surface area contributed by atoms with E-state index in [4.69, 9.17) is 10.5 Å². The zero-order chi connectivity index (χ0) is 15.0. The Balaban J connectivity index is 1.51. The van der Waals surface area contributed by atoms with Crippen LogP contribution < -0.4 is 11.1 Å². The van der Waals surface area contributed by atoms with Crippen LogP contribution in [0.4, 0.5) is 5.82 Å². The number of ether oxygens (including phenoxy) is 1. The molecule has 1 aliphatic heterocycles. The van der Waals surface area contributed by atoms with Gasteiger partial charge in [-0.2, -0.15) is 0 Å². The second-order valence-corrected chi connectivity index (χ2v) is 6.38. The molecule has 22 heavy (non-hydrogen) atoms. The first-order valence-electron chi connectivity index (χ1n) is 8.15. The van der Waals surface area contributed by atoms with Gasteiger partial charge < -0.3 is 15.8 Å². The monoisotopic (exact) mass is 298 g/mol. The summed E-state index contributed by atoms with van der Waals surface area (Å²) in [5, 5.41) is 4.54. The standard InChI is InChI=1S/C17H22N4O/c18-16-12-5-1-2-6-13(12)20-15(21-16)11-19-14-7-3-10-22-17(14)8-4-9-17/h1-2,5-6,14,19H,3-4,7-11H2,(H2,18,20,21). The first-order valence-corrected chi connectivity index (χ1v) is 8.15. The molecule has 1 aromatic heterocycles. The van der Waals surface area contributed by atoms with Crippen molar-refractivity contribution < 1.29 is 4.74 Å². The lowest BCUT2D eigenvalue weighted by atomic mass is 9.72. The van der Waals surface area contributed by atoms with Crippen LogP contribution in [0.2, 0.25) is 0 Å². The number of rotatable bonds is 3. The van der Waals surface area contributed by atoms with Gasteiger partial charge in [0.25, 0.3) is 0 Å². The van der Waals surface area contributed by atoms with Crippen LogP contribution >= 0.6 is 0 Å². The third-order valence-electron chi connectivity index (χ3n) is 5.05. The average Bonchev–Trinajstić information content (AvgIpc) is 2.52. The van der Waals surface area contributed by atoms with Crippen molar-refractivity contribution in [1.82, 2.24) is 15.3 Å². The minimum Gasteiger partial charge on any atom is -0.383 e. The highest BCUT2D eigenvalue weighted by Crippen LogP contribution is 2.42. The van der Waals surface area contributed by atoms with Crippen molar-refractivity contribution >= 4 is 16.7 Å². The van der Waals surface area contributed by atoms with Crippen molar-refractivity contribution in [3.8, 4) is 0 Å². The number of aromatic nitrogens is 2. The highest BCUT2D eigenvalue weighted by atomic mass is 16.5. The zero-order valence-electron chi connectivity index (χ0n) is 12.7. The van der Waals surface area contributed by atoms with E-state index in [1.165, 1.54) is 25.7 Å². The molecule has 5 heteroatoms. The molecule has 2 heterocycles. The van der Waals surface area contributed by atoms with Gasteiger partial charge in [-0.3, -0.25) is 0 Å². The molecule has 3 N–H and O–H groups in total. The summed E-state index contributed by atoms with van der Waals surface area (Å²) in [5.41, 5.74) is 7.03. The highest BCUT2D eigenvalue weighted by molar-refractivity contribution is 5.87. The van der Waals surface area contributed by atoms with Gasteiger partial charge in [-0.1, -0.05) is 12.1 Å². The van der Waals surface area contributed by atoms with E-state index in [0.717, 1.165) is 29.8 Å². The fraction of sp³-hybridized carbons (Fsp3) is 0.529. The molecule has 0 radical (unpaired) electrons. The van der Waals surface area contributed by atoms with E-state index >= 15 is 0 Å². The van der Waals surface area contributed by atoms with Crippen molar-refractivity contribution in [2.45, 2.75) is 50.3 Å². The number of nitrogens with one attached hydrogen (secondary N) is 1. The van der Waals surface area contributed by atoms with E-state index < -0.39 is 0 Å². The largest absolute Gasteiger partial charge is 0.383 e. The molecule has 0 amide bonds. The number of para-hydroxylation sites is 1. The van der Waals surface area contributed by atoms with E-state index in [0.29, 0.717) is 18.4 Å². The fourth-order valence-corrected chi connectivity index (χ4v) is 3.68. The molecule has 5 nitrogen and oxygen atoms in total. The number of benzene rings is 1. The number of nitrogens with two attached hydrogens (primary N) is 1. The Morgan fingerprint density at radius 3 is 2.91 bits per heavy atom. The van der Waals surface area contributed by atoms with Crippen LogP contribution in [0.1, 0.15) is 37.9 Å². The van der Waals surface area contributed by atoms with Crippen LogP contribution in [0.25, 0.3) is 10.9 Å². The summed E-state index contributed by atoms with van der Waals surface area (Å²) >= 11 is 0. The second-order valence-electron chi connectivity index (χ2n) is 6.38. The molecule has 1 saturated heterocycles. The van der Waals surface area contributed by atoms with Gasteiger partial charge in [-0.15, -0.1) is 0 Å². The van der Waals surface area contributed by atoms with Crippen LogP contribution in [0.5, 0.6) is 0 Å². The molecule has 4 rings (SSSR count). The summed E-state index contributed by atoms with van der Waals surface area (Å²) in [4.78, 5) is 9.06. The Morgan fingerprint density at radius 2 is 2.09 bits per heavy atom. The second kappa shape index (κ2) is 5.48. The summed E-state index contributed by atoms with van der Waals surface area (Å²) in [6.07, 6.45) is 5.91. The summed E-state index contributed by atoms with van der Waals surface area (Å²) in [6, 6.07) is 8.28. The summed E-state index contributed by atoms with van der Waals surface area (Å²) in [6.45, 7) is 1.54. The van der Waals surface area contributed by atoms with Crippen LogP contribution in [-0.4, -0.2) is 28.2 Å². The van der Waals surface area contributed by atoms with Gasteiger partial charge in [0.15, 0.2) is 0 Å². The first kappa shape index (κ1) is 13.9. The molecule has 1 aliphatic carbocycles. The van der Waals surface area contributed by atoms with Crippen molar-refractivity contribution in [2.24, 2.45) is 0 Å². The lowest BCUT2D eigenvalue weighted by Crippen LogP contribution is -2.59. The molecule has 1 atom stereocenters. The predicted molar refractivity (Wildman–Crippen MR) is 86.3 cm³/mol. The maximum Gasteiger partial charge on any atom is 0.145 e. The van der Waals surface area contributed by atoms with Gasteiger partial charge >= 0.3 is 0 Å². The molecular weight excluding hydrogens is 276 g/mol. The van der Waals surface area contributed by atoms with Crippen LogP contribution in [0.15, 0.2) is 24.3 Å². The smallest absolute Gasteiger partial charge is 0.145 e. The molecule has 1 aromatic carbocycles. The lowest BCUT2D eigenvalue weighted by Gasteiger charge is -2.50. The van der Waals surface area contributed by atoms with Gasteiger partial charge in [0.2, 0.25) is 0 Å². The van der Waals surface area contributed by atoms with Gasteiger partial charge in [0.05, 0.1) is 17.7 Å². The fourth-order valence-electron chi connectivity index (χ4n) is 3.68. The number of hydrogen-bond donors (Lipinski definition) is 2. The molecule has 1 saturated carbocycles. The maximum absolute atomic E-state index is 6.07. The molecule has 2 aliphatic rings. The molecule has 0 bridgehead atoms. The molecule has 2 fully saturated rings. The molecule has 116 valence electrons. The average molecular weight is 298 g/mol. The van der Waals surface area contributed by atoms with E-state index in [9.17, 15) is 0 Å². The number of anilines is 1. The van der Waals surface area contributed by atoms with Crippen LogP contribution in [0, 0.1) is 0 Å². The Morgan fingerprint density at radius 1 is 1.23 bits per heavy atom. The SMILES string of the molecule is Nc1nc(CNC2CCCOC23CCC3)nc2ccccc12. The van der Waals surface area contributed by atoms with Crippen molar-refractivity contribution in [3.63, 3.8) is 0 Å². The maximum atomic E-state index is 6.07. The van der Waals surface area contributed by atoms with Gasteiger partial charge in [-0.25, -0.2) is 9.97 Å². The van der Waals surface area contributed by atoms with Gasteiger partial charge in [0, 0.05) is 18.0 Å². The lowest BCUT2D eigenvalue weighted by molar-refractivity contribution is -0.147. The highest BCUT2D eigenvalue weighted by Gasteiger charge is 2.46. The summed E-state index contributed by atoms with van der Waals surface area (Å²) in [7, 11) is 0. The predicted octanol–water partition coefficient (Wildman–Crippen LogP) is 2.40. The Hall–Kier alpha value is -1.72. The Kier molecular flexibility index (Phi) is 3.47. The van der Waals surface area contributed by atoms with Crippen molar-refractivity contribution in [2.75, 3.05) is 12.3 Å². The third-order valence-corrected chi connectivity index (χ3v) is 5.05. The Labute approximate surface area is 130 Å². The van der Waals surface area contributed by atoms with Gasteiger partial charge in [0.1, 0.15) is 11.6 Å². The molecular formula is C17H22N4O. The van der Waals surface area contributed by atoms with Crippen molar-refractivity contribution in [3.05, 3.63) is 30.1 Å². The van der Waals surface area contributed by atoms with Crippen LogP contribution in [-0.2, 0) is 11.3 Å². The number of hydrogen-bond acceptors (Lipinski definition) is 5. The minimum atomic E-state index is 0.0701. The van der Waals surface area contributed by atoms with E-state index in [-0.39, 0.29) is 5.60 Å². The van der Waals surface area contributed by atoms with Gasteiger partial charge in [-0.05, 0) is 44.2 Å². The quantitative estimate of drug-likeness (QED) is 0.910. The summed E-state index contributed by atoms with van der Waals surface area (Å²) in [5.74, 6) is 1.32. The normalized spacial score (nSPS) is 23.5.